The van der Waals surface area contributed by atoms with Gasteiger partial charge in [0.15, 0.2) is 0 Å². The number of para-hydroxylation sites is 1. The molecule has 2 aromatic heterocycles. The minimum Gasteiger partial charge on any atom is -0.357 e. The summed E-state index contributed by atoms with van der Waals surface area (Å²) in [5.74, 6) is 0.0445. The summed E-state index contributed by atoms with van der Waals surface area (Å²) in [5, 5.41) is 1.19. The first-order chi connectivity index (χ1) is 10.7. The predicted octanol–water partition coefficient (Wildman–Crippen LogP) is 3.52. The van der Waals surface area contributed by atoms with Crippen LogP contribution < -0.4 is 0 Å². The van der Waals surface area contributed by atoms with Crippen molar-refractivity contribution in [2.45, 2.75) is 13.0 Å². The number of rotatable bonds is 1. The molecule has 0 saturated heterocycles. The van der Waals surface area contributed by atoms with Gasteiger partial charge in [-0.25, -0.2) is 0 Å². The molecule has 0 bridgehead atoms. The molecule has 0 unspecified atom stereocenters. The van der Waals surface area contributed by atoms with E-state index < -0.39 is 0 Å². The smallest absolute Gasteiger partial charge is 0.255 e. The van der Waals surface area contributed by atoms with E-state index in [2.05, 4.69) is 32.0 Å². The normalized spacial score (nSPS) is 14.1. The molecular formula is C17H14BrN3O. The summed E-state index contributed by atoms with van der Waals surface area (Å²) in [7, 11) is 0. The lowest BCUT2D eigenvalue weighted by Crippen LogP contribution is -2.35. The third-order valence-electron chi connectivity index (χ3n) is 4.16. The number of aromatic amines is 1. The number of carbonyl (C=O) groups excluding carboxylic acids is 1. The van der Waals surface area contributed by atoms with Gasteiger partial charge in [0.05, 0.1) is 11.1 Å². The quantitative estimate of drug-likeness (QED) is 0.725. The van der Waals surface area contributed by atoms with Crippen LogP contribution in [0.2, 0.25) is 0 Å². The van der Waals surface area contributed by atoms with Crippen molar-refractivity contribution < 1.29 is 4.79 Å². The van der Waals surface area contributed by atoms with Gasteiger partial charge in [0.25, 0.3) is 5.91 Å². The van der Waals surface area contributed by atoms with E-state index in [1.807, 2.05) is 23.1 Å². The number of nitrogens with one attached hydrogen (secondary N) is 1. The molecule has 4 nitrogen and oxygen atoms in total. The van der Waals surface area contributed by atoms with Crippen LogP contribution in [-0.2, 0) is 13.0 Å². The van der Waals surface area contributed by atoms with Crippen LogP contribution in [0.3, 0.4) is 0 Å². The second-order valence-electron chi connectivity index (χ2n) is 5.46. The highest BCUT2D eigenvalue weighted by Gasteiger charge is 2.25. The van der Waals surface area contributed by atoms with Gasteiger partial charge in [0.2, 0.25) is 0 Å². The summed E-state index contributed by atoms with van der Waals surface area (Å²) < 4.78 is 1.06. The van der Waals surface area contributed by atoms with Crippen molar-refractivity contribution in [3.05, 3.63) is 64.0 Å². The lowest BCUT2D eigenvalue weighted by molar-refractivity contribution is 0.0734. The van der Waals surface area contributed by atoms with Gasteiger partial charge in [-0.3, -0.25) is 9.78 Å². The molecule has 1 aliphatic rings. The SMILES string of the molecule is O=C(c1cccnc1)N1CCc2[nH]c3c(Br)cccc3c2C1. The van der Waals surface area contributed by atoms with Crippen LogP contribution >= 0.6 is 15.9 Å². The van der Waals surface area contributed by atoms with Gasteiger partial charge < -0.3 is 9.88 Å². The van der Waals surface area contributed by atoms with Gasteiger partial charge in [0, 0.05) is 53.0 Å². The van der Waals surface area contributed by atoms with E-state index in [0.29, 0.717) is 12.1 Å². The summed E-state index contributed by atoms with van der Waals surface area (Å²) in [6.07, 6.45) is 4.16. The number of amides is 1. The molecule has 0 saturated carbocycles. The van der Waals surface area contributed by atoms with Crippen molar-refractivity contribution in [3.63, 3.8) is 0 Å². The third-order valence-corrected chi connectivity index (χ3v) is 4.82. The monoisotopic (exact) mass is 355 g/mol. The van der Waals surface area contributed by atoms with Gasteiger partial charge in [-0.1, -0.05) is 12.1 Å². The Balaban J connectivity index is 1.71. The molecule has 1 N–H and O–H groups in total. The zero-order valence-electron chi connectivity index (χ0n) is 11.8. The summed E-state index contributed by atoms with van der Waals surface area (Å²) in [4.78, 5) is 22.0. The second-order valence-corrected chi connectivity index (χ2v) is 6.32. The topological polar surface area (TPSA) is 49.0 Å². The third kappa shape index (κ3) is 2.13. The van der Waals surface area contributed by atoms with Crippen molar-refractivity contribution in [3.8, 4) is 0 Å². The standard InChI is InChI=1S/C17H14BrN3O/c18-14-5-1-4-12-13-10-21(8-6-15(13)20-16(12)14)17(22)11-3-2-7-19-9-11/h1-5,7,9,20H,6,8,10H2. The number of fused-ring (bicyclic) bond motifs is 3. The fourth-order valence-corrected chi connectivity index (χ4v) is 3.51. The zero-order valence-corrected chi connectivity index (χ0v) is 13.4. The van der Waals surface area contributed by atoms with Crippen LogP contribution in [0.1, 0.15) is 21.6 Å². The minimum absolute atomic E-state index is 0.0445. The predicted molar refractivity (Wildman–Crippen MR) is 88.7 cm³/mol. The minimum atomic E-state index is 0.0445. The highest BCUT2D eigenvalue weighted by atomic mass is 79.9. The molecule has 0 radical (unpaired) electrons. The van der Waals surface area contributed by atoms with E-state index in [1.54, 1.807) is 18.5 Å². The maximum atomic E-state index is 12.6. The number of aromatic nitrogens is 2. The van der Waals surface area contributed by atoms with Crippen molar-refractivity contribution in [1.29, 1.82) is 0 Å². The Bertz CT molecular complexity index is 857. The number of halogens is 1. The number of hydrogen-bond donors (Lipinski definition) is 1. The molecule has 110 valence electrons. The summed E-state index contributed by atoms with van der Waals surface area (Å²) in [6.45, 7) is 1.37. The summed E-state index contributed by atoms with van der Waals surface area (Å²) in [5.41, 5.74) is 4.21. The maximum Gasteiger partial charge on any atom is 0.255 e. The summed E-state index contributed by atoms with van der Waals surface area (Å²) in [6, 6.07) is 9.78. The fourth-order valence-electron chi connectivity index (χ4n) is 3.05. The number of pyridine rings is 1. The Hall–Kier alpha value is -2.14. The van der Waals surface area contributed by atoms with Crippen LogP contribution in [0.15, 0.2) is 47.2 Å². The lowest BCUT2D eigenvalue weighted by atomic mass is 10.0. The second kappa shape index (κ2) is 5.25. The number of nitrogens with zero attached hydrogens (tertiary/aromatic N) is 2. The molecule has 0 fully saturated rings. The Morgan fingerprint density at radius 3 is 3.00 bits per heavy atom. The zero-order chi connectivity index (χ0) is 15.1. The molecule has 5 heteroatoms. The van der Waals surface area contributed by atoms with Gasteiger partial charge in [-0.15, -0.1) is 0 Å². The molecule has 4 rings (SSSR count). The molecule has 1 aromatic carbocycles. The number of H-pyrrole nitrogens is 1. The highest BCUT2D eigenvalue weighted by Crippen LogP contribution is 2.32. The number of hydrogen-bond acceptors (Lipinski definition) is 2. The van der Waals surface area contributed by atoms with Crippen molar-refractivity contribution in [1.82, 2.24) is 14.9 Å². The van der Waals surface area contributed by atoms with E-state index in [1.165, 1.54) is 16.6 Å². The maximum absolute atomic E-state index is 12.6. The summed E-state index contributed by atoms with van der Waals surface area (Å²) >= 11 is 3.58. The first-order valence-corrected chi connectivity index (χ1v) is 8.00. The molecule has 1 aliphatic heterocycles. The van der Waals surface area contributed by atoms with Crippen LogP contribution in [0.5, 0.6) is 0 Å². The molecule has 0 spiro atoms. The van der Waals surface area contributed by atoms with E-state index in [9.17, 15) is 4.79 Å². The van der Waals surface area contributed by atoms with E-state index in [-0.39, 0.29) is 5.91 Å². The fraction of sp³-hybridized carbons (Fsp3) is 0.176. The van der Waals surface area contributed by atoms with Crippen LogP contribution in [0.25, 0.3) is 10.9 Å². The Labute approximate surface area is 136 Å². The average molecular weight is 356 g/mol. The molecule has 3 heterocycles. The van der Waals surface area contributed by atoms with Gasteiger partial charge >= 0.3 is 0 Å². The molecule has 3 aromatic rings. The Kier molecular flexibility index (Phi) is 3.22. The van der Waals surface area contributed by atoms with Gasteiger partial charge in [0.1, 0.15) is 0 Å². The molecule has 1 amide bonds. The molecular weight excluding hydrogens is 342 g/mol. The average Bonchev–Trinajstić information content (AvgIpc) is 2.94. The first kappa shape index (κ1) is 13.5. The Morgan fingerprint density at radius 1 is 1.27 bits per heavy atom. The molecule has 0 aliphatic carbocycles. The van der Waals surface area contributed by atoms with Crippen LogP contribution in [0.4, 0.5) is 0 Å². The van der Waals surface area contributed by atoms with E-state index in [4.69, 9.17) is 0 Å². The van der Waals surface area contributed by atoms with E-state index >= 15 is 0 Å². The van der Waals surface area contributed by atoms with Crippen molar-refractivity contribution >= 4 is 32.7 Å². The largest absolute Gasteiger partial charge is 0.357 e. The molecule has 22 heavy (non-hydrogen) atoms. The van der Waals surface area contributed by atoms with Crippen molar-refractivity contribution in [2.75, 3.05) is 6.54 Å². The lowest BCUT2D eigenvalue weighted by Gasteiger charge is -2.27. The first-order valence-electron chi connectivity index (χ1n) is 7.21. The Morgan fingerprint density at radius 2 is 2.18 bits per heavy atom. The number of benzene rings is 1. The van der Waals surface area contributed by atoms with Gasteiger partial charge in [-0.05, 0) is 34.1 Å². The van der Waals surface area contributed by atoms with E-state index in [0.717, 1.165) is 23.0 Å². The number of carbonyl (C=O) groups is 1. The van der Waals surface area contributed by atoms with Crippen molar-refractivity contribution in [2.24, 2.45) is 0 Å². The van der Waals surface area contributed by atoms with Crippen LogP contribution in [0, 0.1) is 0 Å². The molecule has 0 atom stereocenters. The highest BCUT2D eigenvalue weighted by molar-refractivity contribution is 9.10. The van der Waals surface area contributed by atoms with Crippen LogP contribution in [-0.4, -0.2) is 27.3 Å². The van der Waals surface area contributed by atoms with Gasteiger partial charge in [-0.2, -0.15) is 0 Å².